The summed E-state index contributed by atoms with van der Waals surface area (Å²) < 4.78 is 14.7. The number of benzene rings is 2. The van der Waals surface area contributed by atoms with Gasteiger partial charge in [-0.15, -0.1) is 11.3 Å². The van der Waals surface area contributed by atoms with E-state index >= 15 is 0 Å². The SMILES string of the molecule is CN(C)C(=Nc1cccc2sc3cccc(N=P(N(C)C)(N(C)C)N(C)C)c3c12)N(C)C. The first-order valence-corrected chi connectivity index (χ1v) is 13.0. The van der Waals surface area contributed by atoms with E-state index in [-0.39, 0.29) is 0 Å². The van der Waals surface area contributed by atoms with Crippen LogP contribution >= 0.6 is 18.8 Å². The van der Waals surface area contributed by atoms with Gasteiger partial charge in [0, 0.05) is 48.4 Å². The molecule has 3 rings (SSSR count). The fraction of sp³-hybridized carbons (Fsp3) is 0.435. The minimum Gasteiger partial charge on any atom is -0.349 e. The molecular weight excluding hydrogens is 437 g/mol. The Morgan fingerprint density at radius 3 is 1.53 bits per heavy atom. The molecule has 0 aliphatic rings. The maximum absolute atomic E-state index is 5.46. The Kier molecular flexibility index (Phi) is 7.32. The minimum absolute atomic E-state index is 0.906. The van der Waals surface area contributed by atoms with E-state index < -0.39 is 7.51 Å². The van der Waals surface area contributed by atoms with Crippen molar-refractivity contribution in [2.75, 3.05) is 70.5 Å². The van der Waals surface area contributed by atoms with Gasteiger partial charge in [-0.3, -0.25) is 14.0 Å². The van der Waals surface area contributed by atoms with Crippen molar-refractivity contribution in [3.05, 3.63) is 36.4 Å². The Labute approximate surface area is 196 Å². The topological polar surface area (TPSA) is 40.9 Å². The highest BCUT2D eigenvalue weighted by Crippen LogP contribution is 2.58. The Bertz CT molecular complexity index is 1150. The number of nitrogens with zero attached hydrogens (tertiary/aromatic N) is 7. The number of hydrogen-bond acceptors (Lipinski definition) is 3. The first-order chi connectivity index (χ1) is 15.0. The molecule has 174 valence electrons. The van der Waals surface area contributed by atoms with Crippen LogP contribution in [0, 0.1) is 0 Å². The second kappa shape index (κ2) is 9.49. The zero-order valence-electron chi connectivity index (χ0n) is 21.0. The van der Waals surface area contributed by atoms with E-state index in [2.05, 4.69) is 92.7 Å². The highest BCUT2D eigenvalue weighted by molar-refractivity contribution is 7.59. The van der Waals surface area contributed by atoms with Crippen LogP contribution in [0.15, 0.2) is 46.1 Å². The third-order valence-corrected chi connectivity index (χ3v) is 10.2. The molecule has 0 saturated heterocycles. The van der Waals surface area contributed by atoms with Crippen LogP contribution in [0.2, 0.25) is 0 Å². The molecule has 0 N–H and O–H groups in total. The molecule has 0 aliphatic carbocycles. The smallest absolute Gasteiger partial charge is 0.200 e. The molecule has 0 amide bonds. The van der Waals surface area contributed by atoms with Gasteiger partial charge < -0.3 is 9.80 Å². The summed E-state index contributed by atoms with van der Waals surface area (Å²) in [6.07, 6.45) is 0. The van der Waals surface area contributed by atoms with Crippen molar-refractivity contribution in [1.29, 1.82) is 0 Å². The first-order valence-electron chi connectivity index (χ1n) is 10.5. The summed E-state index contributed by atoms with van der Waals surface area (Å²) in [5, 5.41) is 2.35. The van der Waals surface area contributed by atoms with Gasteiger partial charge >= 0.3 is 0 Å². The van der Waals surface area contributed by atoms with Crippen molar-refractivity contribution in [3.8, 4) is 0 Å². The molecule has 0 spiro atoms. The quantitative estimate of drug-likeness (QED) is 0.281. The summed E-state index contributed by atoms with van der Waals surface area (Å²) in [6, 6.07) is 12.8. The second-order valence-corrected chi connectivity index (χ2v) is 13.5. The van der Waals surface area contributed by atoms with Gasteiger partial charge in [0.2, 0.25) is 5.96 Å². The number of fused-ring (bicyclic) bond motifs is 3. The summed E-state index contributed by atoms with van der Waals surface area (Å²) in [7, 11) is 18.7. The van der Waals surface area contributed by atoms with Gasteiger partial charge in [0.25, 0.3) is 0 Å². The van der Waals surface area contributed by atoms with Gasteiger partial charge in [-0.1, -0.05) is 12.1 Å². The Hall–Kier alpha value is -1.96. The molecule has 7 nitrogen and oxygen atoms in total. The van der Waals surface area contributed by atoms with Crippen molar-refractivity contribution in [1.82, 2.24) is 23.8 Å². The molecule has 0 aliphatic heterocycles. The van der Waals surface area contributed by atoms with Gasteiger partial charge in [-0.2, -0.15) is 0 Å². The summed E-state index contributed by atoms with van der Waals surface area (Å²) >= 11 is 1.80. The number of hydrogen-bond donors (Lipinski definition) is 0. The molecule has 0 unspecified atom stereocenters. The normalized spacial score (nSPS) is 12.3. The average molecular weight is 474 g/mol. The molecule has 0 saturated carbocycles. The minimum atomic E-state index is -2.09. The lowest BCUT2D eigenvalue weighted by molar-refractivity contribution is 0.474. The predicted molar refractivity (Wildman–Crippen MR) is 144 cm³/mol. The molecular formula is C23H36N7PS. The van der Waals surface area contributed by atoms with E-state index in [1.54, 1.807) is 11.3 Å². The third-order valence-electron chi connectivity index (χ3n) is 5.35. The molecule has 0 radical (unpaired) electrons. The van der Waals surface area contributed by atoms with Crippen LogP contribution in [0.4, 0.5) is 11.4 Å². The van der Waals surface area contributed by atoms with Crippen molar-refractivity contribution >= 4 is 56.3 Å². The predicted octanol–water partition coefficient (Wildman–Crippen LogP) is 5.43. The maximum atomic E-state index is 5.46. The number of guanidine groups is 1. The second-order valence-electron chi connectivity index (χ2n) is 8.78. The molecule has 1 aromatic heterocycles. The van der Waals surface area contributed by atoms with Crippen LogP contribution in [0.1, 0.15) is 0 Å². The van der Waals surface area contributed by atoms with Gasteiger partial charge in [-0.05, 0) is 66.6 Å². The zero-order chi connectivity index (χ0) is 23.8. The summed E-state index contributed by atoms with van der Waals surface area (Å²) in [5.41, 5.74) is 1.98. The maximum Gasteiger partial charge on any atom is 0.200 e. The van der Waals surface area contributed by atoms with Gasteiger partial charge in [0.15, 0.2) is 7.51 Å². The molecule has 2 aromatic carbocycles. The van der Waals surface area contributed by atoms with Gasteiger partial charge in [-0.25, -0.2) is 9.74 Å². The van der Waals surface area contributed by atoms with Crippen molar-refractivity contribution in [3.63, 3.8) is 0 Å². The number of aliphatic imine (C=N–C) groups is 1. The lowest BCUT2D eigenvalue weighted by Gasteiger charge is -2.41. The highest BCUT2D eigenvalue weighted by atomic mass is 32.1. The highest BCUT2D eigenvalue weighted by Gasteiger charge is 2.29. The molecule has 0 atom stereocenters. The molecule has 1 heterocycles. The van der Waals surface area contributed by atoms with Gasteiger partial charge in [0.05, 0.1) is 11.4 Å². The van der Waals surface area contributed by atoms with E-state index in [0.717, 1.165) is 17.3 Å². The van der Waals surface area contributed by atoms with Crippen LogP contribution < -0.4 is 0 Å². The summed E-state index contributed by atoms with van der Waals surface area (Å²) in [4.78, 5) is 9.14. The largest absolute Gasteiger partial charge is 0.349 e. The van der Waals surface area contributed by atoms with E-state index in [1.165, 1.54) is 20.2 Å². The van der Waals surface area contributed by atoms with E-state index in [4.69, 9.17) is 9.74 Å². The first kappa shape index (κ1) is 24.7. The van der Waals surface area contributed by atoms with Crippen LogP contribution in [0.25, 0.3) is 20.2 Å². The fourth-order valence-electron chi connectivity index (χ4n) is 4.20. The Balaban J connectivity index is 2.45. The molecule has 9 heteroatoms. The Morgan fingerprint density at radius 2 is 1.09 bits per heavy atom. The van der Waals surface area contributed by atoms with Crippen LogP contribution in [0.5, 0.6) is 0 Å². The van der Waals surface area contributed by atoms with Crippen molar-refractivity contribution < 1.29 is 0 Å². The average Bonchev–Trinajstić information content (AvgIpc) is 3.08. The standard InChI is InChI=1S/C23H36N7PS/c1-26(2)23(27(3)4)24-17-13-11-15-19-21(17)22-18(14-12-16-20(22)32-19)25-31(28(5)6,29(7)8)30(9)10/h11-16H,1-10H3. The van der Waals surface area contributed by atoms with Crippen molar-refractivity contribution in [2.24, 2.45) is 9.74 Å². The van der Waals surface area contributed by atoms with E-state index in [9.17, 15) is 0 Å². The molecule has 0 bridgehead atoms. The molecule has 32 heavy (non-hydrogen) atoms. The lowest BCUT2D eigenvalue weighted by atomic mass is 10.1. The zero-order valence-corrected chi connectivity index (χ0v) is 22.7. The summed E-state index contributed by atoms with van der Waals surface area (Å²) in [6.45, 7) is 0. The number of thiophene rings is 1. The summed E-state index contributed by atoms with van der Waals surface area (Å²) in [5.74, 6) is 0.906. The van der Waals surface area contributed by atoms with Crippen LogP contribution in [-0.2, 0) is 0 Å². The molecule has 0 fully saturated rings. The monoisotopic (exact) mass is 473 g/mol. The third kappa shape index (κ3) is 4.30. The van der Waals surface area contributed by atoms with Crippen molar-refractivity contribution in [2.45, 2.75) is 0 Å². The molecule has 3 aromatic rings. The number of rotatable bonds is 5. The Morgan fingerprint density at radius 1 is 0.656 bits per heavy atom. The van der Waals surface area contributed by atoms with Crippen LogP contribution in [0.3, 0.4) is 0 Å². The van der Waals surface area contributed by atoms with Crippen LogP contribution in [-0.4, -0.2) is 100 Å². The van der Waals surface area contributed by atoms with Gasteiger partial charge in [0.1, 0.15) is 0 Å². The van der Waals surface area contributed by atoms with E-state index in [1.807, 2.05) is 38.0 Å². The lowest BCUT2D eigenvalue weighted by Crippen LogP contribution is -2.35. The fourth-order valence-corrected chi connectivity index (χ4v) is 8.49. The van der Waals surface area contributed by atoms with E-state index in [0.29, 0.717) is 0 Å².